The van der Waals surface area contributed by atoms with Crippen molar-refractivity contribution in [2.45, 2.75) is 17.6 Å². The van der Waals surface area contributed by atoms with Crippen LogP contribution in [-0.4, -0.2) is 33.6 Å². The lowest BCUT2D eigenvalue weighted by molar-refractivity contribution is 0.0696. The van der Waals surface area contributed by atoms with Crippen LogP contribution in [0, 0.1) is 0 Å². The Bertz CT molecular complexity index is 387. The minimum Gasteiger partial charge on any atom is -0.478 e. The molecule has 86 valence electrons. The molecule has 5 heteroatoms. The quantitative estimate of drug-likeness (QED) is 0.822. The summed E-state index contributed by atoms with van der Waals surface area (Å²) in [5.41, 5.74) is 0.219. The van der Waals surface area contributed by atoms with E-state index in [1.165, 1.54) is 19.0 Å². The summed E-state index contributed by atoms with van der Waals surface area (Å²) in [5.74, 6) is -0.202. The van der Waals surface area contributed by atoms with Crippen LogP contribution in [0.15, 0.2) is 18.3 Å². The number of thioether (sulfide) groups is 1. The molecule has 0 saturated heterocycles. The molecule has 1 aliphatic carbocycles. The van der Waals surface area contributed by atoms with Gasteiger partial charge in [0.2, 0.25) is 0 Å². The van der Waals surface area contributed by atoms with Gasteiger partial charge in [-0.3, -0.25) is 0 Å². The first-order valence-corrected chi connectivity index (χ1v) is 6.36. The molecule has 1 aromatic rings. The molecule has 0 aromatic carbocycles. The predicted octanol–water partition coefficient (Wildman–Crippen LogP) is 2.09. The van der Waals surface area contributed by atoms with E-state index in [1.54, 1.807) is 12.1 Å². The van der Waals surface area contributed by atoms with Crippen molar-refractivity contribution in [3.63, 3.8) is 0 Å². The molecule has 16 heavy (non-hydrogen) atoms. The minimum absolute atomic E-state index is 0.219. The van der Waals surface area contributed by atoms with Crippen LogP contribution in [0.3, 0.4) is 0 Å². The van der Waals surface area contributed by atoms with Crippen LogP contribution < -0.4 is 5.32 Å². The van der Waals surface area contributed by atoms with Crippen LogP contribution >= 0.6 is 11.8 Å². The molecular formula is C11H14N2O2S. The monoisotopic (exact) mass is 238 g/mol. The van der Waals surface area contributed by atoms with E-state index in [-0.39, 0.29) is 5.56 Å². The fraction of sp³-hybridized carbons (Fsp3) is 0.455. The smallest absolute Gasteiger partial charge is 0.337 e. The van der Waals surface area contributed by atoms with E-state index in [0.29, 0.717) is 4.75 Å². The summed E-state index contributed by atoms with van der Waals surface area (Å²) in [6.45, 7) is 0.896. The SMILES string of the molecule is CSC1(CNc2ccc(C(=O)O)cn2)CC1. The van der Waals surface area contributed by atoms with Crippen molar-refractivity contribution >= 4 is 23.5 Å². The van der Waals surface area contributed by atoms with Gasteiger partial charge in [0.1, 0.15) is 5.82 Å². The zero-order chi connectivity index (χ0) is 11.6. The Hall–Kier alpha value is -1.23. The fourth-order valence-electron chi connectivity index (χ4n) is 1.47. The summed E-state index contributed by atoms with van der Waals surface area (Å²) < 4.78 is 0.382. The van der Waals surface area contributed by atoms with Crippen LogP contribution in [0.5, 0.6) is 0 Å². The van der Waals surface area contributed by atoms with Crippen LogP contribution in [0.4, 0.5) is 5.82 Å². The van der Waals surface area contributed by atoms with Gasteiger partial charge in [0.15, 0.2) is 0 Å². The number of carboxylic acid groups (broad SMARTS) is 1. The number of anilines is 1. The number of hydrogen-bond donors (Lipinski definition) is 2. The average Bonchev–Trinajstić information content (AvgIpc) is 3.08. The number of carboxylic acids is 1. The molecule has 0 atom stereocenters. The molecule has 1 aromatic heterocycles. The molecule has 0 radical (unpaired) electrons. The van der Waals surface area contributed by atoms with Gasteiger partial charge in [0, 0.05) is 17.5 Å². The van der Waals surface area contributed by atoms with Crippen molar-refractivity contribution in [2.75, 3.05) is 18.1 Å². The Morgan fingerprint density at radius 1 is 1.62 bits per heavy atom. The topological polar surface area (TPSA) is 62.2 Å². The third kappa shape index (κ3) is 2.47. The number of rotatable bonds is 5. The molecule has 0 bridgehead atoms. The Morgan fingerprint density at radius 3 is 2.81 bits per heavy atom. The van der Waals surface area contributed by atoms with E-state index >= 15 is 0 Å². The molecule has 0 aliphatic heterocycles. The number of nitrogens with one attached hydrogen (secondary N) is 1. The molecular weight excluding hydrogens is 224 g/mol. The van der Waals surface area contributed by atoms with Crippen LogP contribution in [0.2, 0.25) is 0 Å². The minimum atomic E-state index is -0.943. The number of carbonyl (C=O) groups is 1. The Kier molecular flexibility index (Phi) is 3.05. The highest BCUT2D eigenvalue weighted by molar-refractivity contribution is 8.00. The Balaban J connectivity index is 1.93. The van der Waals surface area contributed by atoms with Crippen molar-refractivity contribution < 1.29 is 9.90 Å². The van der Waals surface area contributed by atoms with E-state index in [4.69, 9.17) is 5.11 Å². The first kappa shape index (κ1) is 11.3. The summed E-state index contributed by atoms with van der Waals surface area (Å²) in [6, 6.07) is 3.27. The van der Waals surface area contributed by atoms with E-state index in [0.717, 1.165) is 12.4 Å². The van der Waals surface area contributed by atoms with Gasteiger partial charge in [-0.2, -0.15) is 11.8 Å². The Labute approximate surface area is 98.5 Å². The maximum Gasteiger partial charge on any atom is 0.337 e. The van der Waals surface area contributed by atoms with Crippen molar-refractivity contribution in [3.05, 3.63) is 23.9 Å². The number of aromatic nitrogens is 1. The second-order valence-electron chi connectivity index (χ2n) is 3.98. The maximum atomic E-state index is 10.6. The van der Waals surface area contributed by atoms with Crippen molar-refractivity contribution in [2.24, 2.45) is 0 Å². The summed E-state index contributed by atoms with van der Waals surface area (Å²) in [6.07, 6.45) is 5.99. The highest BCUT2D eigenvalue weighted by atomic mass is 32.2. The van der Waals surface area contributed by atoms with Crippen molar-refractivity contribution in [1.29, 1.82) is 0 Å². The highest BCUT2D eigenvalue weighted by Gasteiger charge is 2.41. The number of hydrogen-bond acceptors (Lipinski definition) is 4. The number of nitrogens with zero attached hydrogens (tertiary/aromatic N) is 1. The zero-order valence-corrected chi connectivity index (χ0v) is 9.88. The van der Waals surface area contributed by atoms with Crippen molar-refractivity contribution in [1.82, 2.24) is 4.98 Å². The first-order chi connectivity index (χ1) is 7.65. The lowest BCUT2D eigenvalue weighted by Crippen LogP contribution is -2.18. The average molecular weight is 238 g/mol. The van der Waals surface area contributed by atoms with E-state index in [2.05, 4.69) is 16.6 Å². The van der Waals surface area contributed by atoms with Gasteiger partial charge in [-0.1, -0.05) is 0 Å². The molecule has 0 amide bonds. The van der Waals surface area contributed by atoms with Gasteiger partial charge < -0.3 is 10.4 Å². The zero-order valence-electron chi connectivity index (χ0n) is 9.06. The molecule has 1 fully saturated rings. The van der Waals surface area contributed by atoms with Gasteiger partial charge >= 0.3 is 5.97 Å². The molecule has 1 aliphatic rings. The number of pyridine rings is 1. The van der Waals surface area contributed by atoms with E-state index in [1.807, 2.05) is 11.8 Å². The molecule has 2 N–H and O–H groups in total. The molecule has 0 unspecified atom stereocenters. The molecule has 2 rings (SSSR count). The standard InChI is InChI=1S/C11H14N2O2S/c1-16-11(4-5-11)7-13-9-3-2-8(6-12-9)10(14)15/h2-3,6H,4-5,7H2,1H3,(H,12,13)(H,14,15). The van der Waals surface area contributed by atoms with Gasteiger partial charge in [0.25, 0.3) is 0 Å². The van der Waals surface area contributed by atoms with Crippen LogP contribution in [-0.2, 0) is 0 Å². The summed E-state index contributed by atoms with van der Waals surface area (Å²) >= 11 is 1.88. The van der Waals surface area contributed by atoms with Gasteiger partial charge in [0.05, 0.1) is 5.56 Å². The molecule has 0 spiro atoms. The van der Waals surface area contributed by atoms with Crippen LogP contribution in [0.25, 0.3) is 0 Å². The van der Waals surface area contributed by atoms with Gasteiger partial charge in [-0.25, -0.2) is 9.78 Å². The third-order valence-electron chi connectivity index (χ3n) is 2.84. The van der Waals surface area contributed by atoms with Gasteiger partial charge in [-0.15, -0.1) is 0 Å². The maximum absolute atomic E-state index is 10.6. The molecule has 1 saturated carbocycles. The predicted molar refractivity (Wildman–Crippen MR) is 65.2 cm³/mol. The fourth-order valence-corrected chi connectivity index (χ4v) is 2.20. The van der Waals surface area contributed by atoms with E-state index < -0.39 is 5.97 Å². The second kappa shape index (κ2) is 4.33. The molecule has 4 nitrogen and oxygen atoms in total. The molecule has 1 heterocycles. The summed E-state index contributed by atoms with van der Waals surface area (Å²) in [4.78, 5) is 14.7. The van der Waals surface area contributed by atoms with Gasteiger partial charge in [-0.05, 0) is 31.2 Å². The lowest BCUT2D eigenvalue weighted by atomic mass is 10.3. The third-order valence-corrected chi connectivity index (χ3v) is 4.26. The summed E-state index contributed by atoms with van der Waals surface area (Å²) in [7, 11) is 0. The second-order valence-corrected chi connectivity index (χ2v) is 5.25. The Morgan fingerprint density at radius 2 is 2.38 bits per heavy atom. The van der Waals surface area contributed by atoms with E-state index in [9.17, 15) is 4.79 Å². The largest absolute Gasteiger partial charge is 0.478 e. The normalized spacial score (nSPS) is 16.8. The van der Waals surface area contributed by atoms with Crippen LogP contribution in [0.1, 0.15) is 23.2 Å². The summed E-state index contributed by atoms with van der Waals surface area (Å²) in [5, 5.41) is 12.0. The number of aromatic carboxylic acids is 1. The highest BCUT2D eigenvalue weighted by Crippen LogP contribution is 2.46. The first-order valence-electron chi connectivity index (χ1n) is 5.14. The lowest BCUT2D eigenvalue weighted by Gasteiger charge is -2.13. The van der Waals surface area contributed by atoms with Crippen molar-refractivity contribution in [3.8, 4) is 0 Å².